The molecule has 1 amide bonds. The van der Waals surface area contributed by atoms with Crippen molar-refractivity contribution < 1.29 is 28.7 Å². The van der Waals surface area contributed by atoms with Crippen LogP contribution in [0.4, 0.5) is 0 Å². The van der Waals surface area contributed by atoms with E-state index in [0.29, 0.717) is 17.9 Å². The smallest absolute Gasteiger partial charge is 0.305 e. The number of rotatable bonds is 12. The minimum atomic E-state index is -0.580. The standard InChI is InChI=1S/C16H27NO6S/c1-5-14(19)17-13(11(4)18)10-24-9-12(23-16(21)7-3)8-22-15(20)6-2/h12-13H,5-10H2,1-4H3,(H,17,19). The highest BCUT2D eigenvalue weighted by molar-refractivity contribution is 7.99. The molecule has 0 saturated carbocycles. The Kier molecular flexibility index (Phi) is 12.0. The Morgan fingerprint density at radius 3 is 2.08 bits per heavy atom. The average molecular weight is 361 g/mol. The van der Waals surface area contributed by atoms with Crippen LogP contribution in [0.15, 0.2) is 0 Å². The summed E-state index contributed by atoms with van der Waals surface area (Å²) in [6.45, 7) is 6.47. The number of esters is 2. The summed E-state index contributed by atoms with van der Waals surface area (Å²) < 4.78 is 10.2. The molecule has 0 spiro atoms. The molecule has 0 heterocycles. The van der Waals surface area contributed by atoms with Crippen LogP contribution in [-0.2, 0) is 28.7 Å². The Hall–Kier alpha value is -1.57. The van der Waals surface area contributed by atoms with E-state index in [1.807, 2.05) is 0 Å². The zero-order valence-electron chi connectivity index (χ0n) is 14.8. The van der Waals surface area contributed by atoms with Crippen molar-refractivity contribution in [1.82, 2.24) is 5.32 Å². The first-order valence-corrected chi connectivity index (χ1v) is 9.22. The predicted octanol–water partition coefficient (Wildman–Crippen LogP) is 1.48. The summed E-state index contributed by atoms with van der Waals surface area (Å²) in [6, 6.07) is -0.580. The van der Waals surface area contributed by atoms with Crippen LogP contribution in [-0.4, -0.2) is 53.9 Å². The number of amides is 1. The number of ether oxygens (including phenoxy) is 2. The number of hydrogen-bond acceptors (Lipinski definition) is 7. The quantitative estimate of drug-likeness (QED) is 0.526. The highest BCUT2D eigenvalue weighted by Gasteiger charge is 2.20. The lowest BCUT2D eigenvalue weighted by Crippen LogP contribution is -2.41. The lowest BCUT2D eigenvalue weighted by Gasteiger charge is -2.19. The molecular weight excluding hydrogens is 334 g/mol. The van der Waals surface area contributed by atoms with Crippen LogP contribution >= 0.6 is 11.8 Å². The third-order valence-electron chi connectivity index (χ3n) is 3.04. The van der Waals surface area contributed by atoms with Gasteiger partial charge in [0.2, 0.25) is 5.91 Å². The first kappa shape index (κ1) is 22.4. The summed E-state index contributed by atoms with van der Waals surface area (Å²) in [4.78, 5) is 45.7. The van der Waals surface area contributed by atoms with Crippen LogP contribution in [0.3, 0.4) is 0 Å². The second kappa shape index (κ2) is 12.8. The maximum Gasteiger partial charge on any atom is 0.305 e. The van der Waals surface area contributed by atoms with Crippen LogP contribution in [0.25, 0.3) is 0 Å². The summed E-state index contributed by atoms with van der Waals surface area (Å²) in [7, 11) is 0. The van der Waals surface area contributed by atoms with Gasteiger partial charge in [-0.3, -0.25) is 19.2 Å². The zero-order valence-corrected chi connectivity index (χ0v) is 15.6. The van der Waals surface area contributed by atoms with Gasteiger partial charge in [-0.25, -0.2) is 0 Å². The Balaban J connectivity index is 4.49. The molecule has 7 nitrogen and oxygen atoms in total. The lowest BCUT2D eigenvalue weighted by atomic mass is 10.2. The second-order valence-electron chi connectivity index (χ2n) is 5.12. The molecule has 24 heavy (non-hydrogen) atoms. The first-order valence-electron chi connectivity index (χ1n) is 8.06. The number of carbonyl (C=O) groups is 4. The molecule has 0 bridgehead atoms. The van der Waals surface area contributed by atoms with Crippen LogP contribution in [0.5, 0.6) is 0 Å². The van der Waals surface area contributed by atoms with Crippen LogP contribution in [0, 0.1) is 0 Å². The molecule has 0 aliphatic heterocycles. The maximum absolute atomic E-state index is 11.6. The summed E-state index contributed by atoms with van der Waals surface area (Å²) >= 11 is 1.36. The normalized spacial score (nSPS) is 12.8. The molecule has 0 saturated heterocycles. The highest BCUT2D eigenvalue weighted by Crippen LogP contribution is 2.11. The molecule has 2 atom stereocenters. The molecule has 0 aromatic carbocycles. The van der Waals surface area contributed by atoms with E-state index in [1.165, 1.54) is 18.7 Å². The lowest BCUT2D eigenvalue weighted by molar-refractivity contribution is -0.157. The molecule has 0 rings (SSSR count). The SMILES string of the molecule is CCC(=O)NC(CSCC(COC(=O)CC)OC(=O)CC)C(C)=O. The van der Waals surface area contributed by atoms with E-state index in [-0.39, 0.29) is 43.1 Å². The molecule has 138 valence electrons. The van der Waals surface area contributed by atoms with Crippen molar-refractivity contribution in [1.29, 1.82) is 0 Å². The van der Waals surface area contributed by atoms with Crippen molar-refractivity contribution in [2.24, 2.45) is 0 Å². The second-order valence-corrected chi connectivity index (χ2v) is 6.20. The number of carbonyl (C=O) groups excluding carboxylic acids is 4. The third kappa shape index (κ3) is 10.3. The van der Waals surface area contributed by atoms with Gasteiger partial charge in [0.15, 0.2) is 5.78 Å². The van der Waals surface area contributed by atoms with Crippen molar-refractivity contribution in [2.45, 2.75) is 59.1 Å². The number of Topliss-reactive ketones (excluding diaryl/α,β-unsaturated/α-hetero) is 1. The summed E-state index contributed by atoms with van der Waals surface area (Å²) in [5.74, 6) is -0.340. The van der Waals surface area contributed by atoms with E-state index in [9.17, 15) is 19.2 Å². The predicted molar refractivity (Wildman–Crippen MR) is 91.6 cm³/mol. The molecule has 0 radical (unpaired) electrons. The number of nitrogens with one attached hydrogen (secondary N) is 1. The van der Waals surface area contributed by atoms with E-state index in [2.05, 4.69) is 5.32 Å². The average Bonchev–Trinajstić information content (AvgIpc) is 2.57. The maximum atomic E-state index is 11.6. The minimum Gasteiger partial charge on any atom is -0.462 e. The van der Waals surface area contributed by atoms with Crippen molar-refractivity contribution in [2.75, 3.05) is 18.1 Å². The molecule has 2 unspecified atom stereocenters. The van der Waals surface area contributed by atoms with E-state index in [4.69, 9.17) is 9.47 Å². The van der Waals surface area contributed by atoms with Crippen molar-refractivity contribution >= 4 is 35.4 Å². The van der Waals surface area contributed by atoms with Crippen molar-refractivity contribution in [3.8, 4) is 0 Å². The van der Waals surface area contributed by atoms with Crippen LogP contribution in [0.1, 0.15) is 47.0 Å². The van der Waals surface area contributed by atoms with Gasteiger partial charge in [0.05, 0.1) is 6.04 Å². The highest BCUT2D eigenvalue weighted by atomic mass is 32.2. The fraction of sp³-hybridized carbons (Fsp3) is 0.750. The van der Waals surface area contributed by atoms with Gasteiger partial charge in [0.25, 0.3) is 0 Å². The van der Waals surface area contributed by atoms with Gasteiger partial charge < -0.3 is 14.8 Å². The third-order valence-corrected chi connectivity index (χ3v) is 4.22. The summed E-state index contributed by atoms with van der Waals surface area (Å²) in [6.07, 6.45) is 0.202. The van der Waals surface area contributed by atoms with Crippen LogP contribution in [0.2, 0.25) is 0 Å². The molecule has 0 fully saturated rings. The minimum absolute atomic E-state index is 0.0164. The molecule has 0 aromatic heterocycles. The van der Waals surface area contributed by atoms with Gasteiger partial charge in [-0.2, -0.15) is 11.8 Å². The molecule has 0 aromatic rings. The van der Waals surface area contributed by atoms with E-state index in [1.54, 1.807) is 20.8 Å². The van der Waals surface area contributed by atoms with E-state index in [0.717, 1.165) is 0 Å². The van der Waals surface area contributed by atoms with Crippen LogP contribution < -0.4 is 5.32 Å². The molecule has 0 aliphatic carbocycles. The zero-order chi connectivity index (χ0) is 18.5. The van der Waals surface area contributed by atoms with Gasteiger partial charge >= 0.3 is 11.9 Å². The molecule has 8 heteroatoms. The Morgan fingerprint density at radius 2 is 1.58 bits per heavy atom. The van der Waals surface area contributed by atoms with Crippen molar-refractivity contribution in [3.63, 3.8) is 0 Å². The van der Waals surface area contributed by atoms with Gasteiger partial charge in [0.1, 0.15) is 12.7 Å². The van der Waals surface area contributed by atoms with Gasteiger partial charge in [0, 0.05) is 30.8 Å². The summed E-state index contributed by atoms with van der Waals surface area (Å²) in [5, 5.41) is 2.65. The van der Waals surface area contributed by atoms with Gasteiger partial charge in [-0.05, 0) is 6.92 Å². The molecule has 1 N–H and O–H groups in total. The summed E-state index contributed by atoms with van der Waals surface area (Å²) in [5.41, 5.74) is 0. The Labute approximate surface area is 147 Å². The molecular formula is C16H27NO6S. The fourth-order valence-electron chi connectivity index (χ4n) is 1.55. The number of hydrogen-bond donors (Lipinski definition) is 1. The number of thioether (sulfide) groups is 1. The molecule has 0 aliphatic rings. The fourth-order valence-corrected chi connectivity index (χ4v) is 2.66. The van der Waals surface area contributed by atoms with Gasteiger partial charge in [-0.15, -0.1) is 0 Å². The topological polar surface area (TPSA) is 98.8 Å². The van der Waals surface area contributed by atoms with E-state index >= 15 is 0 Å². The van der Waals surface area contributed by atoms with Crippen molar-refractivity contribution in [3.05, 3.63) is 0 Å². The Morgan fingerprint density at radius 1 is 0.958 bits per heavy atom. The largest absolute Gasteiger partial charge is 0.462 e. The van der Waals surface area contributed by atoms with E-state index < -0.39 is 12.1 Å². The first-order chi connectivity index (χ1) is 11.3. The monoisotopic (exact) mass is 361 g/mol. The van der Waals surface area contributed by atoms with Gasteiger partial charge in [-0.1, -0.05) is 20.8 Å². The number of ketones is 1. The Bertz CT molecular complexity index is 440.